The number of carbonyl (C=O) groups is 3. The molecule has 0 fully saturated rings. The Bertz CT molecular complexity index is 366. The van der Waals surface area contributed by atoms with Crippen LogP contribution in [-0.2, 0) is 14.4 Å². The fourth-order valence-corrected chi connectivity index (χ4v) is 3.03. The summed E-state index contributed by atoms with van der Waals surface area (Å²) in [7, 11) is 0. The standard InChI is InChI=1S/C20H44N2.3C2H4O2.Na.H/c1-2-3-4-5-6-7-8-9-10-11-12-13-14-15-16-17-19-22-20-18-21;3*1-2(3)4;;/h22H,2-21H2,1H3;3*1H3,(H,3,4);;. The van der Waals surface area contributed by atoms with Crippen LogP contribution in [0.2, 0.25) is 0 Å². The first-order valence-corrected chi connectivity index (χ1v) is 13.1. The van der Waals surface area contributed by atoms with E-state index in [1.54, 1.807) is 0 Å². The molecular formula is C26H57N2NaO6. The molecule has 0 bridgehead atoms. The molecule has 0 aromatic heterocycles. The maximum absolute atomic E-state index is 9.00. The molecule has 8 nitrogen and oxygen atoms in total. The average Bonchev–Trinajstić information content (AvgIpc) is 2.72. The minimum atomic E-state index is -0.833. The second kappa shape index (κ2) is 43.4. The van der Waals surface area contributed by atoms with Gasteiger partial charge in [-0.2, -0.15) is 0 Å². The van der Waals surface area contributed by atoms with Gasteiger partial charge in [0.25, 0.3) is 17.9 Å². The van der Waals surface area contributed by atoms with E-state index in [9.17, 15) is 0 Å². The van der Waals surface area contributed by atoms with Crippen LogP contribution in [0.5, 0.6) is 0 Å². The number of hydrogen-bond acceptors (Lipinski definition) is 5. The first kappa shape index (κ1) is 44.3. The summed E-state index contributed by atoms with van der Waals surface area (Å²) in [5, 5.41) is 25.6. The van der Waals surface area contributed by atoms with Gasteiger partial charge in [0.05, 0.1) is 0 Å². The predicted molar refractivity (Wildman–Crippen MR) is 149 cm³/mol. The Kier molecular flexibility index (Phi) is 55.0. The third-order valence-corrected chi connectivity index (χ3v) is 4.53. The number of carboxylic acids is 3. The van der Waals surface area contributed by atoms with E-state index < -0.39 is 17.9 Å². The van der Waals surface area contributed by atoms with Crippen LogP contribution in [-0.4, -0.2) is 82.4 Å². The average molecular weight is 517 g/mol. The molecule has 0 aromatic carbocycles. The molecule has 0 saturated carbocycles. The topological polar surface area (TPSA) is 150 Å². The van der Waals surface area contributed by atoms with Crippen LogP contribution in [0.15, 0.2) is 0 Å². The molecule has 0 aliphatic rings. The summed E-state index contributed by atoms with van der Waals surface area (Å²) in [5.74, 6) is -2.50. The third-order valence-electron chi connectivity index (χ3n) is 4.53. The number of aliphatic carboxylic acids is 3. The molecule has 0 radical (unpaired) electrons. The quantitative estimate of drug-likeness (QED) is 0.113. The molecule has 0 unspecified atom stereocenters. The molecule has 208 valence electrons. The van der Waals surface area contributed by atoms with Gasteiger partial charge < -0.3 is 26.4 Å². The summed E-state index contributed by atoms with van der Waals surface area (Å²) in [6, 6.07) is 0. The molecule has 0 heterocycles. The zero-order valence-corrected chi connectivity index (χ0v) is 22.6. The number of nitrogens with two attached hydrogens (primary N) is 1. The van der Waals surface area contributed by atoms with E-state index in [4.69, 9.17) is 35.4 Å². The molecule has 0 aliphatic heterocycles. The predicted octanol–water partition coefficient (Wildman–Crippen LogP) is 5.42. The van der Waals surface area contributed by atoms with E-state index in [1.165, 1.54) is 103 Å². The number of hydrogen-bond donors (Lipinski definition) is 5. The fraction of sp³-hybridized carbons (Fsp3) is 0.885. The second-order valence-corrected chi connectivity index (χ2v) is 8.40. The normalized spacial score (nSPS) is 9.17. The van der Waals surface area contributed by atoms with Gasteiger partial charge in [0, 0.05) is 33.9 Å². The van der Waals surface area contributed by atoms with Crippen molar-refractivity contribution in [1.82, 2.24) is 5.32 Å². The molecule has 6 N–H and O–H groups in total. The molecule has 9 heteroatoms. The van der Waals surface area contributed by atoms with E-state index in [2.05, 4.69) is 12.2 Å². The monoisotopic (exact) mass is 516 g/mol. The Balaban J connectivity index is -0.000000191. The van der Waals surface area contributed by atoms with Crippen LogP contribution < -0.4 is 11.1 Å². The van der Waals surface area contributed by atoms with E-state index in [0.29, 0.717) is 0 Å². The van der Waals surface area contributed by atoms with Crippen LogP contribution in [0.1, 0.15) is 130 Å². The van der Waals surface area contributed by atoms with Crippen molar-refractivity contribution in [2.45, 2.75) is 130 Å². The third kappa shape index (κ3) is 97.4. The first-order valence-electron chi connectivity index (χ1n) is 13.1. The van der Waals surface area contributed by atoms with E-state index >= 15 is 0 Å². The van der Waals surface area contributed by atoms with Crippen LogP contribution in [0, 0.1) is 0 Å². The zero-order chi connectivity index (χ0) is 26.9. The van der Waals surface area contributed by atoms with Crippen molar-refractivity contribution < 1.29 is 29.7 Å². The molecular weight excluding hydrogens is 459 g/mol. The first-order chi connectivity index (χ1) is 16.1. The number of rotatable bonds is 19. The van der Waals surface area contributed by atoms with Crippen LogP contribution >= 0.6 is 0 Å². The SMILES string of the molecule is CC(=O)O.CC(=O)O.CC(=O)O.CCCCCCCCCCCCCCCCCCNCCN.[NaH]. The van der Waals surface area contributed by atoms with Gasteiger partial charge in [-0.3, -0.25) is 14.4 Å². The van der Waals surface area contributed by atoms with E-state index in [1.807, 2.05) is 0 Å². The molecule has 0 saturated heterocycles. The van der Waals surface area contributed by atoms with Gasteiger partial charge in [-0.15, -0.1) is 0 Å². The van der Waals surface area contributed by atoms with Crippen molar-refractivity contribution in [1.29, 1.82) is 0 Å². The van der Waals surface area contributed by atoms with Crippen LogP contribution in [0.3, 0.4) is 0 Å². The zero-order valence-electron chi connectivity index (χ0n) is 22.6. The summed E-state index contributed by atoms with van der Waals surface area (Å²) in [6.45, 7) is 8.42. The Morgan fingerprint density at radius 1 is 0.543 bits per heavy atom. The minimum absolute atomic E-state index is 0. The summed E-state index contributed by atoms with van der Waals surface area (Å²) in [4.78, 5) is 27.0. The van der Waals surface area contributed by atoms with Crippen LogP contribution in [0.4, 0.5) is 0 Å². The molecule has 0 aromatic rings. The van der Waals surface area contributed by atoms with Gasteiger partial charge in [0.1, 0.15) is 0 Å². The molecule has 0 spiro atoms. The van der Waals surface area contributed by atoms with Crippen molar-refractivity contribution in [3.8, 4) is 0 Å². The van der Waals surface area contributed by atoms with Gasteiger partial charge in [-0.05, 0) is 13.0 Å². The summed E-state index contributed by atoms with van der Waals surface area (Å²) in [6.07, 6.45) is 23.0. The number of nitrogens with one attached hydrogen (secondary N) is 1. The summed E-state index contributed by atoms with van der Waals surface area (Å²) >= 11 is 0. The molecule has 0 amide bonds. The van der Waals surface area contributed by atoms with Gasteiger partial charge >= 0.3 is 29.6 Å². The molecule has 0 aliphatic carbocycles. The van der Waals surface area contributed by atoms with Crippen molar-refractivity contribution >= 4 is 47.5 Å². The van der Waals surface area contributed by atoms with Crippen molar-refractivity contribution in [2.75, 3.05) is 19.6 Å². The van der Waals surface area contributed by atoms with E-state index in [-0.39, 0.29) is 29.6 Å². The summed E-state index contributed by atoms with van der Waals surface area (Å²) in [5.41, 5.74) is 5.44. The molecule has 35 heavy (non-hydrogen) atoms. The molecule has 0 atom stereocenters. The van der Waals surface area contributed by atoms with Gasteiger partial charge in [0.2, 0.25) is 0 Å². The fourth-order valence-electron chi connectivity index (χ4n) is 3.03. The maximum atomic E-state index is 9.00. The van der Waals surface area contributed by atoms with Gasteiger partial charge in [-0.25, -0.2) is 0 Å². The van der Waals surface area contributed by atoms with Gasteiger partial charge in [0.15, 0.2) is 0 Å². The van der Waals surface area contributed by atoms with Crippen LogP contribution in [0.25, 0.3) is 0 Å². The molecule has 0 rings (SSSR count). The van der Waals surface area contributed by atoms with Gasteiger partial charge in [-0.1, -0.05) is 103 Å². The Morgan fingerprint density at radius 3 is 1.00 bits per heavy atom. The van der Waals surface area contributed by atoms with Crippen molar-refractivity contribution in [2.24, 2.45) is 5.73 Å². The summed E-state index contributed by atoms with van der Waals surface area (Å²) < 4.78 is 0. The Labute approximate surface area is 237 Å². The second-order valence-electron chi connectivity index (χ2n) is 8.40. The Morgan fingerprint density at radius 2 is 0.771 bits per heavy atom. The van der Waals surface area contributed by atoms with E-state index in [0.717, 1.165) is 40.4 Å². The Hall–Kier alpha value is -0.670. The number of carboxylic acid groups (broad SMARTS) is 3. The number of unbranched alkanes of at least 4 members (excludes halogenated alkanes) is 15. The van der Waals surface area contributed by atoms with Crippen molar-refractivity contribution in [3.63, 3.8) is 0 Å². The van der Waals surface area contributed by atoms with Crippen molar-refractivity contribution in [3.05, 3.63) is 0 Å².